The van der Waals surface area contributed by atoms with Crippen molar-refractivity contribution in [1.29, 1.82) is 0 Å². The van der Waals surface area contributed by atoms with Gasteiger partial charge in [0, 0.05) is 5.92 Å². The SMILES string of the molecule is CCOC(=O)C(C)(C)Oc1ccc(C(O)CCc2nc(-c3ccccc3Cl)oc2C(C)C)cc1. The molecule has 3 aromatic rings. The van der Waals surface area contributed by atoms with Crippen molar-refractivity contribution in [3.05, 3.63) is 70.6 Å². The number of ether oxygens (including phenoxy) is 2. The highest BCUT2D eigenvalue weighted by atomic mass is 35.5. The second kappa shape index (κ2) is 11.1. The molecule has 34 heavy (non-hydrogen) atoms. The molecule has 3 rings (SSSR count). The topological polar surface area (TPSA) is 81.8 Å². The molecule has 7 heteroatoms. The molecule has 0 amide bonds. The highest BCUT2D eigenvalue weighted by molar-refractivity contribution is 6.33. The Hall–Kier alpha value is -2.83. The van der Waals surface area contributed by atoms with Crippen molar-refractivity contribution in [1.82, 2.24) is 4.98 Å². The van der Waals surface area contributed by atoms with Crippen LogP contribution in [0, 0.1) is 0 Å². The molecule has 0 bridgehead atoms. The van der Waals surface area contributed by atoms with Gasteiger partial charge in [-0.3, -0.25) is 0 Å². The lowest BCUT2D eigenvalue weighted by atomic mass is 10.0. The summed E-state index contributed by atoms with van der Waals surface area (Å²) in [5.41, 5.74) is 1.22. The number of aromatic nitrogens is 1. The zero-order chi connectivity index (χ0) is 24.9. The van der Waals surface area contributed by atoms with Gasteiger partial charge in [0.15, 0.2) is 5.60 Å². The molecule has 0 saturated heterocycles. The number of esters is 1. The summed E-state index contributed by atoms with van der Waals surface area (Å²) in [7, 11) is 0. The van der Waals surface area contributed by atoms with E-state index in [1.54, 1.807) is 51.1 Å². The molecule has 182 valence electrons. The fourth-order valence-electron chi connectivity index (χ4n) is 3.58. The zero-order valence-corrected chi connectivity index (χ0v) is 21.1. The van der Waals surface area contributed by atoms with Crippen molar-refractivity contribution in [3.63, 3.8) is 0 Å². The molecule has 6 nitrogen and oxygen atoms in total. The van der Waals surface area contributed by atoms with Gasteiger partial charge in [0.25, 0.3) is 0 Å². The summed E-state index contributed by atoms with van der Waals surface area (Å²) < 4.78 is 16.9. The molecule has 0 fully saturated rings. The summed E-state index contributed by atoms with van der Waals surface area (Å²) in [6.45, 7) is 9.47. The van der Waals surface area contributed by atoms with E-state index in [-0.39, 0.29) is 5.92 Å². The molecule has 0 aliphatic rings. The van der Waals surface area contributed by atoms with Crippen molar-refractivity contribution >= 4 is 17.6 Å². The predicted octanol–water partition coefficient (Wildman–Crippen LogP) is 6.51. The van der Waals surface area contributed by atoms with Gasteiger partial charge in [-0.2, -0.15) is 0 Å². The van der Waals surface area contributed by atoms with Crippen LogP contribution >= 0.6 is 11.6 Å². The molecule has 0 radical (unpaired) electrons. The van der Waals surface area contributed by atoms with E-state index in [4.69, 9.17) is 25.5 Å². The molecule has 0 spiro atoms. The number of carbonyl (C=O) groups excluding carboxylic acids is 1. The fraction of sp³-hybridized carbons (Fsp3) is 0.407. The van der Waals surface area contributed by atoms with Gasteiger partial charge in [0.1, 0.15) is 11.5 Å². The summed E-state index contributed by atoms with van der Waals surface area (Å²) >= 11 is 6.32. The van der Waals surface area contributed by atoms with E-state index in [0.29, 0.717) is 36.1 Å². The van der Waals surface area contributed by atoms with Crippen LogP contribution < -0.4 is 4.74 Å². The van der Waals surface area contributed by atoms with Crippen molar-refractivity contribution in [2.24, 2.45) is 0 Å². The normalized spacial score (nSPS) is 12.6. The van der Waals surface area contributed by atoms with E-state index in [1.807, 2.05) is 32.0 Å². The Morgan fingerprint density at radius 3 is 2.44 bits per heavy atom. The standard InChI is InChI=1S/C27H32ClNO5/c1-6-32-26(31)27(4,5)34-19-13-11-18(12-14-19)23(30)16-15-22-24(17(2)3)33-25(29-22)20-9-7-8-10-21(20)28/h7-14,17,23,30H,6,15-16H2,1-5H3. The van der Waals surface area contributed by atoms with Crippen LogP contribution in [0.25, 0.3) is 11.5 Å². The fourth-order valence-corrected chi connectivity index (χ4v) is 3.80. The predicted molar refractivity (Wildman–Crippen MR) is 132 cm³/mol. The van der Waals surface area contributed by atoms with E-state index in [0.717, 1.165) is 22.6 Å². The summed E-state index contributed by atoms with van der Waals surface area (Å²) in [4.78, 5) is 16.7. The Morgan fingerprint density at radius 2 is 1.82 bits per heavy atom. The number of aliphatic hydroxyl groups is 1. The lowest BCUT2D eigenvalue weighted by Crippen LogP contribution is -2.39. The molecule has 1 atom stereocenters. The maximum Gasteiger partial charge on any atom is 0.349 e. The summed E-state index contributed by atoms with van der Waals surface area (Å²) in [6, 6.07) is 14.5. The van der Waals surface area contributed by atoms with Crippen LogP contribution in [-0.4, -0.2) is 28.3 Å². The van der Waals surface area contributed by atoms with Crippen molar-refractivity contribution in [2.45, 2.75) is 65.1 Å². The number of aliphatic hydroxyl groups excluding tert-OH is 1. The lowest BCUT2D eigenvalue weighted by Gasteiger charge is -2.24. The van der Waals surface area contributed by atoms with Gasteiger partial charge < -0.3 is 19.0 Å². The van der Waals surface area contributed by atoms with Crippen LogP contribution in [0.2, 0.25) is 5.02 Å². The highest BCUT2D eigenvalue weighted by Crippen LogP contribution is 2.33. The third-order valence-electron chi connectivity index (χ3n) is 5.42. The maximum atomic E-state index is 12.0. The van der Waals surface area contributed by atoms with Crippen LogP contribution in [0.15, 0.2) is 52.9 Å². The number of nitrogens with zero attached hydrogens (tertiary/aromatic N) is 1. The molecule has 1 aromatic heterocycles. The van der Waals surface area contributed by atoms with Crippen molar-refractivity contribution in [2.75, 3.05) is 6.61 Å². The third kappa shape index (κ3) is 6.19. The number of benzene rings is 2. The second-order valence-electron chi connectivity index (χ2n) is 8.92. The van der Waals surface area contributed by atoms with Crippen molar-refractivity contribution < 1.29 is 23.8 Å². The van der Waals surface area contributed by atoms with E-state index in [2.05, 4.69) is 4.98 Å². The zero-order valence-electron chi connectivity index (χ0n) is 20.3. The molecule has 0 aliphatic heterocycles. The van der Waals surface area contributed by atoms with Gasteiger partial charge in [-0.1, -0.05) is 49.7 Å². The first kappa shape index (κ1) is 25.8. The largest absolute Gasteiger partial charge is 0.476 e. The first-order valence-electron chi connectivity index (χ1n) is 11.5. The number of aryl methyl sites for hydroxylation is 1. The first-order chi connectivity index (χ1) is 16.1. The van der Waals surface area contributed by atoms with E-state index >= 15 is 0 Å². The van der Waals surface area contributed by atoms with Gasteiger partial charge >= 0.3 is 5.97 Å². The number of rotatable bonds is 10. The van der Waals surface area contributed by atoms with E-state index in [1.165, 1.54) is 0 Å². The monoisotopic (exact) mass is 485 g/mol. The Bertz CT molecular complexity index is 1100. The van der Waals surface area contributed by atoms with Crippen LogP contribution in [0.1, 0.15) is 70.1 Å². The molecular weight excluding hydrogens is 454 g/mol. The number of carbonyl (C=O) groups is 1. The summed E-state index contributed by atoms with van der Waals surface area (Å²) in [5, 5.41) is 11.3. The van der Waals surface area contributed by atoms with Gasteiger partial charge in [-0.15, -0.1) is 0 Å². The quantitative estimate of drug-likeness (QED) is 0.330. The summed E-state index contributed by atoms with van der Waals surface area (Å²) in [6.07, 6.45) is 0.340. The third-order valence-corrected chi connectivity index (χ3v) is 5.75. The maximum absolute atomic E-state index is 12.0. The first-order valence-corrected chi connectivity index (χ1v) is 11.9. The van der Waals surface area contributed by atoms with Gasteiger partial charge in [-0.25, -0.2) is 9.78 Å². The average molecular weight is 486 g/mol. The molecule has 1 unspecified atom stereocenters. The van der Waals surface area contributed by atoms with E-state index in [9.17, 15) is 9.90 Å². The molecule has 0 saturated carbocycles. The number of halogens is 1. The van der Waals surface area contributed by atoms with Gasteiger partial charge in [0.05, 0.1) is 29.0 Å². The van der Waals surface area contributed by atoms with Crippen LogP contribution in [-0.2, 0) is 16.0 Å². The van der Waals surface area contributed by atoms with E-state index < -0.39 is 17.7 Å². The highest BCUT2D eigenvalue weighted by Gasteiger charge is 2.31. The van der Waals surface area contributed by atoms with Crippen LogP contribution in [0.5, 0.6) is 5.75 Å². The minimum atomic E-state index is -1.10. The smallest absolute Gasteiger partial charge is 0.349 e. The lowest BCUT2D eigenvalue weighted by molar-refractivity contribution is -0.158. The minimum absolute atomic E-state index is 0.148. The Morgan fingerprint density at radius 1 is 1.15 bits per heavy atom. The molecule has 1 heterocycles. The Balaban J connectivity index is 1.68. The van der Waals surface area contributed by atoms with Crippen LogP contribution in [0.3, 0.4) is 0 Å². The average Bonchev–Trinajstić information content (AvgIpc) is 3.22. The second-order valence-corrected chi connectivity index (χ2v) is 9.33. The van der Waals surface area contributed by atoms with Crippen LogP contribution in [0.4, 0.5) is 0 Å². The number of hydrogen-bond donors (Lipinski definition) is 1. The molecule has 1 N–H and O–H groups in total. The molecular formula is C27H32ClNO5. The molecule has 2 aromatic carbocycles. The van der Waals surface area contributed by atoms with Gasteiger partial charge in [-0.05, 0) is 63.4 Å². The Labute approximate surface area is 205 Å². The number of hydrogen-bond acceptors (Lipinski definition) is 6. The summed E-state index contributed by atoms with van der Waals surface area (Å²) in [5.74, 6) is 1.53. The van der Waals surface area contributed by atoms with Gasteiger partial charge in [0.2, 0.25) is 5.89 Å². The number of oxazole rings is 1. The van der Waals surface area contributed by atoms with Crippen molar-refractivity contribution in [3.8, 4) is 17.2 Å². The minimum Gasteiger partial charge on any atom is -0.476 e. The Kier molecular flexibility index (Phi) is 8.39. The molecule has 0 aliphatic carbocycles.